The fourth-order valence-electron chi connectivity index (χ4n) is 2.01. The number of nitriles is 1. The van der Waals surface area contributed by atoms with Crippen molar-refractivity contribution in [3.8, 4) is 6.07 Å². The molecule has 1 atom stereocenters. The molecular formula is C15H17N3O. The van der Waals surface area contributed by atoms with E-state index in [0.29, 0.717) is 12.2 Å². The van der Waals surface area contributed by atoms with Crippen molar-refractivity contribution >= 4 is 16.7 Å². The van der Waals surface area contributed by atoms with Gasteiger partial charge in [-0.25, -0.2) is 4.98 Å². The molecule has 2 rings (SSSR count). The van der Waals surface area contributed by atoms with Crippen LogP contribution in [0.5, 0.6) is 0 Å². The highest BCUT2D eigenvalue weighted by atomic mass is 16.5. The van der Waals surface area contributed by atoms with Crippen LogP contribution < -0.4 is 5.32 Å². The van der Waals surface area contributed by atoms with Gasteiger partial charge in [0.05, 0.1) is 29.8 Å². The average Bonchev–Trinajstić information content (AvgIpc) is 2.45. The molecule has 0 aliphatic heterocycles. The van der Waals surface area contributed by atoms with Crippen LogP contribution in [0.25, 0.3) is 10.9 Å². The largest absolute Gasteiger partial charge is 0.383 e. The van der Waals surface area contributed by atoms with Crippen LogP contribution in [0.15, 0.2) is 30.3 Å². The first-order chi connectivity index (χ1) is 9.28. The molecule has 0 aliphatic rings. The lowest BCUT2D eigenvalue weighted by Gasteiger charge is -2.17. The van der Waals surface area contributed by atoms with Crippen molar-refractivity contribution < 1.29 is 4.74 Å². The van der Waals surface area contributed by atoms with Crippen molar-refractivity contribution in [2.75, 3.05) is 19.0 Å². The molecule has 0 saturated carbocycles. The van der Waals surface area contributed by atoms with Gasteiger partial charge in [-0.15, -0.1) is 0 Å². The highest BCUT2D eigenvalue weighted by Gasteiger charge is 2.09. The molecule has 4 heteroatoms. The molecule has 2 aromatic rings. The summed E-state index contributed by atoms with van der Waals surface area (Å²) in [4.78, 5) is 4.54. The van der Waals surface area contributed by atoms with Crippen molar-refractivity contribution in [2.45, 2.75) is 19.4 Å². The van der Waals surface area contributed by atoms with E-state index in [1.807, 2.05) is 24.3 Å². The number of nitrogens with one attached hydrogen (secondary N) is 1. The van der Waals surface area contributed by atoms with Crippen LogP contribution in [0.3, 0.4) is 0 Å². The number of ether oxygens (including phenoxy) is 1. The molecule has 0 amide bonds. The van der Waals surface area contributed by atoms with Gasteiger partial charge < -0.3 is 10.1 Å². The van der Waals surface area contributed by atoms with Gasteiger partial charge in [0.15, 0.2) is 0 Å². The van der Waals surface area contributed by atoms with E-state index in [1.54, 1.807) is 13.2 Å². The Kier molecular flexibility index (Phi) is 4.32. The Labute approximate surface area is 113 Å². The van der Waals surface area contributed by atoms with Gasteiger partial charge in [-0.2, -0.15) is 5.26 Å². The van der Waals surface area contributed by atoms with E-state index >= 15 is 0 Å². The summed E-state index contributed by atoms with van der Waals surface area (Å²) in [6, 6.07) is 11.9. The number of nitrogens with zero attached hydrogens (tertiary/aromatic N) is 2. The van der Waals surface area contributed by atoms with Gasteiger partial charge in [0.1, 0.15) is 5.82 Å². The van der Waals surface area contributed by atoms with E-state index in [-0.39, 0.29) is 6.04 Å². The number of hydrogen-bond acceptors (Lipinski definition) is 4. The summed E-state index contributed by atoms with van der Waals surface area (Å²) < 4.78 is 5.16. The molecule has 1 unspecified atom stereocenters. The first kappa shape index (κ1) is 13.3. The number of fused-ring (bicyclic) bond motifs is 1. The predicted octanol–water partition coefficient (Wildman–Crippen LogP) is 2.94. The number of anilines is 1. The zero-order valence-electron chi connectivity index (χ0n) is 11.2. The van der Waals surface area contributed by atoms with Gasteiger partial charge >= 0.3 is 0 Å². The van der Waals surface area contributed by atoms with Crippen molar-refractivity contribution in [1.29, 1.82) is 5.26 Å². The smallest absolute Gasteiger partial charge is 0.128 e. The van der Waals surface area contributed by atoms with Crippen LogP contribution in [-0.4, -0.2) is 24.7 Å². The second-order valence-electron chi connectivity index (χ2n) is 4.39. The Balaban J connectivity index is 2.37. The standard InChI is InChI=1S/C15H17N3O/c1-3-12(10-19-2)17-15-8-11(9-16)13-6-4-5-7-14(13)18-15/h4-8,12H,3,10H2,1-2H3,(H,17,18). The number of rotatable bonds is 5. The van der Waals surface area contributed by atoms with Gasteiger partial charge in [0, 0.05) is 12.5 Å². The lowest BCUT2D eigenvalue weighted by molar-refractivity contribution is 0.184. The second kappa shape index (κ2) is 6.17. The Hall–Kier alpha value is -2.12. The molecule has 4 nitrogen and oxygen atoms in total. The van der Waals surface area contributed by atoms with Crippen molar-refractivity contribution in [3.63, 3.8) is 0 Å². The summed E-state index contributed by atoms with van der Waals surface area (Å²) in [5, 5.41) is 13.4. The van der Waals surface area contributed by atoms with Gasteiger partial charge in [0.2, 0.25) is 0 Å². The summed E-state index contributed by atoms with van der Waals surface area (Å²) >= 11 is 0. The van der Waals surface area contributed by atoms with Crippen LogP contribution in [0.1, 0.15) is 18.9 Å². The van der Waals surface area contributed by atoms with E-state index < -0.39 is 0 Å². The molecule has 0 fully saturated rings. The minimum absolute atomic E-state index is 0.199. The van der Waals surface area contributed by atoms with Crippen molar-refractivity contribution in [3.05, 3.63) is 35.9 Å². The summed E-state index contributed by atoms with van der Waals surface area (Å²) in [5.41, 5.74) is 1.47. The van der Waals surface area contributed by atoms with Gasteiger partial charge in [0.25, 0.3) is 0 Å². The van der Waals surface area contributed by atoms with Gasteiger partial charge in [-0.1, -0.05) is 25.1 Å². The minimum atomic E-state index is 0.199. The van der Waals surface area contributed by atoms with E-state index in [1.165, 1.54) is 0 Å². The van der Waals surface area contributed by atoms with Crippen LogP contribution >= 0.6 is 0 Å². The molecule has 0 bridgehead atoms. The first-order valence-corrected chi connectivity index (χ1v) is 6.33. The molecule has 0 radical (unpaired) electrons. The van der Waals surface area contributed by atoms with Crippen LogP contribution in [0.2, 0.25) is 0 Å². The Bertz CT molecular complexity index is 604. The molecular weight excluding hydrogens is 238 g/mol. The first-order valence-electron chi connectivity index (χ1n) is 6.33. The summed E-state index contributed by atoms with van der Waals surface area (Å²) in [5.74, 6) is 0.721. The molecule has 0 spiro atoms. The zero-order chi connectivity index (χ0) is 13.7. The summed E-state index contributed by atoms with van der Waals surface area (Å²) in [7, 11) is 1.68. The monoisotopic (exact) mass is 255 g/mol. The third kappa shape index (κ3) is 3.01. The third-order valence-electron chi connectivity index (χ3n) is 3.05. The van der Waals surface area contributed by atoms with Crippen molar-refractivity contribution in [2.24, 2.45) is 0 Å². The minimum Gasteiger partial charge on any atom is -0.383 e. The molecule has 1 N–H and O–H groups in total. The number of pyridine rings is 1. The maximum absolute atomic E-state index is 9.22. The molecule has 1 heterocycles. The number of aromatic nitrogens is 1. The number of hydrogen-bond donors (Lipinski definition) is 1. The lowest BCUT2D eigenvalue weighted by atomic mass is 10.1. The Morgan fingerprint density at radius 2 is 2.21 bits per heavy atom. The summed E-state index contributed by atoms with van der Waals surface area (Å²) in [6.45, 7) is 2.70. The van der Waals surface area contributed by atoms with E-state index in [4.69, 9.17) is 4.74 Å². The van der Waals surface area contributed by atoms with E-state index in [0.717, 1.165) is 23.1 Å². The van der Waals surface area contributed by atoms with Crippen molar-refractivity contribution in [1.82, 2.24) is 4.98 Å². The van der Waals surface area contributed by atoms with Crippen LogP contribution in [0.4, 0.5) is 5.82 Å². The van der Waals surface area contributed by atoms with Gasteiger partial charge in [-0.05, 0) is 18.6 Å². The topological polar surface area (TPSA) is 57.9 Å². The van der Waals surface area contributed by atoms with Gasteiger partial charge in [-0.3, -0.25) is 0 Å². The quantitative estimate of drug-likeness (QED) is 0.892. The highest BCUT2D eigenvalue weighted by molar-refractivity contribution is 5.86. The number of methoxy groups -OCH3 is 1. The maximum atomic E-state index is 9.22. The average molecular weight is 255 g/mol. The maximum Gasteiger partial charge on any atom is 0.128 e. The third-order valence-corrected chi connectivity index (χ3v) is 3.05. The molecule has 0 saturated heterocycles. The Morgan fingerprint density at radius 3 is 2.89 bits per heavy atom. The molecule has 98 valence electrons. The van der Waals surface area contributed by atoms with Crippen LogP contribution in [0, 0.1) is 11.3 Å². The fourth-order valence-corrected chi connectivity index (χ4v) is 2.01. The number of para-hydroxylation sites is 1. The molecule has 0 aliphatic carbocycles. The second-order valence-corrected chi connectivity index (χ2v) is 4.39. The molecule has 1 aromatic heterocycles. The molecule has 1 aromatic carbocycles. The van der Waals surface area contributed by atoms with Crippen LogP contribution in [-0.2, 0) is 4.74 Å². The number of benzene rings is 1. The van der Waals surface area contributed by atoms with E-state index in [9.17, 15) is 5.26 Å². The zero-order valence-corrected chi connectivity index (χ0v) is 11.2. The predicted molar refractivity (Wildman–Crippen MR) is 76.0 cm³/mol. The lowest BCUT2D eigenvalue weighted by Crippen LogP contribution is -2.24. The SMILES string of the molecule is CCC(COC)Nc1cc(C#N)c2ccccc2n1. The highest BCUT2D eigenvalue weighted by Crippen LogP contribution is 2.20. The Morgan fingerprint density at radius 1 is 1.42 bits per heavy atom. The fraction of sp³-hybridized carbons (Fsp3) is 0.333. The van der Waals surface area contributed by atoms with E-state index in [2.05, 4.69) is 23.3 Å². The summed E-state index contributed by atoms with van der Waals surface area (Å²) in [6.07, 6.45) is 0.935. The normalized spacial score (nSPS) is 12.1. The molecule has 19 heavy (non-hydrogen) atoms.